The van der Waals surface area contributed by atoms with Gasteiger partial charge >= 0.3 is 23.3 Å². The van der Waals surface area contributed by atoms with Crippen molar-refractivity contribution in [2.45, 2.75) is 29.4 Å². The van der Waals surface area contributed by atoms with E-state index in [0.717, 1.165) is 0 Å². The minimum absolute atomic E-state index is 2.08. The maximum absolute atomic E-state index is 10.7. The van der Waals surface area contributed by atoms with Crippen LogP contribution in [0.3, 0.4) is 0 Å². The molecule has 0 rings (SSSR count). The van der Waals surface area contributed by atoms with Crippen LogP contribution in [0.2, 0.25) is 0 Å². The summed E-state index contributed by atoms with van der Waals surface area (Å²) in [5, 5.41) is 100. The van der Waals surface area contributed by atoms with Gasteiger partial charge in [0.15, 0.2) is 0 Å². The van der Waals surface area contributed by atoms with Gasteiger partial charge < -0.3 is 30.6 Å². The van der Waals surface area contributed by atoms with Crippen molar-refractivity contribution in [3.63, 3.8) is 0 Å². The van der Waals surface area contributed by atoms with Crippen LogP contribution in [-0.2, 0) is 24.2 Å². The molecule has 0 spiro atoms. The first-order valence-corrected chi connectivity index (χ1v) is 6.68. The second-order valence-corrected chi connectivity index (χ2v) is 4.84. The molecule has 0 heterocycles. The lowest BCUT2D eigenvalue weighted by Crippen LogP contribution is -2.83. The van der Waals surface area contributed by atoms with Crippen molar-refractivity contribution < 1.29 is 80.3 Å². The van der Waals surface area contributed by atoms with Crippen LogP contribution >= 0.6 is 0 Å². The molecule has 0 bridgehead atoms. The predicted octanol–water partition coefficient (Wildman–Crippen LogP) is -5.91. The number of rotatable bonds is 15. The van der Waals surface area contributed by atoms with E-state index in [-0.39, 0.29) is 0 Å². The molecule has 0 aliphatic carbocycles. The molecular weight excluding hydrogens is 478 g/mol. The number of hydrogen-bond donors (Lipinski definition) is 6. The van der Waals surface area contributed by atoms with Crippen LogP contribution in [0, 0.1) is 50.6 Å². The van der Waals surface area contributed by atoms with Crippen molar-refractivity contribution in [1.29, 1.82) is 0 Å². The van der Waals surface area contributed by atoms with E-state index in [1.54, 1.807) is 0 Å². The molecule has 0 saturated carbocycles. The molecule has 184 valence electrons. The van der Waals surface area contributed by atoms with Crippen LogP contribution in [0.25, 0.3) is 0 Å². The third kappa shape index (κ3) is 5.08. The summed E-state index contributed by atoms with van der Waals surface area (Å²) in [7, 11) is 0. The van der Waals surface area contributed by atoms with E-state index in [4.69, 9.17) is 5.11 Å². The number of aliphatic hydroxyl groups is 6. The van der Waals surface area contributed by atoms with E-state index in [2.05, 4.69) is 24.2 Å². The third-order valence-electron chi connectivity index (χ3n) is 3.02. The molecule has 0 unspecified atom stereocenters. The van der Waals surface area contributed by atoms with E-state index in [0.29, 0.717) is 0 Å². The summed E-state index contributed by atoms with van der Waals surface area (Å²) < 4.78 is 0. The fourth-order valence-electron chi connectivity index (χ4n) is 1.85. The highest BCUT2D eigenvalue weighted by molar-refractivity contribution is 5.03. The molecule has 0 radical (unpaired) electrons. The lowest BCUT2D eigenvalue weighted by molar-refractivity contribution is -0.947. The van der Waals surface area contributed by atoms with Gasteiger partial charge in [-0.1, -0.05) is 0 Å². The summed E-state index contributed by atoms with van der Waals surface area (Å²) in [6.45, 7) is -2.08. The van der Waals surface area contributed by atoms with Crippen LogP contribution < -0.4 is 0 Å². The molecule has 0 fully saturated rings. The van der Waals surface area contributed by atoms with Crippen molar-refractivity contribution >= 4 is 0 Å². The predicted molar refractivity (Wildman–Crippen MR) is 73.3 cm³/mol. The SMILES string of the molecule is O=[N+]([O-])OC(O)(O[N+](=O)[O-])[C@](O)(O[N+](=O)[O-])[C@](O)(O[N+](=O)[O-])[C@](O)(O[N+](=O)[O-])[C@@H](O)CO. The number of hydrogen-bond acceptors (Lipinski definition) is 21. The van der Waals surface area contributed by atoms with Gasteiger partial charge in [0.25, 0.3) is 25.4 Å². The Kier molecular flexibility index (Phi) is 8.04. The number of aliphatic hydroxyl groups excluding tert-OH is 2. The van der Waals surface area contributed by atoms with Gasteiger partial charge in [0, 0.05) is 0 Å². The number of nitrogens with zero attached hydrogens (tertiary/aromatic N) is 5. The van der Waals surface area contributed by atoms with Gasteiger partial charge in [-0.25, -0.2) is 9.68 Å². The monoisotopic (exact) mass is 487 g/mol. The summed E-state index contributed by atoms with van der Waals surface area (Å²) in [6, 6.07) is 0. The first kappa shape index (κ1) is 27.8. The second-order valence-electron chi connectivity index (χ2n) is 4.84. The van der Waals surface area contributed by atoms with Gasteiger partial charge in [-0.2, -0.15) is 0 Å². The quantitative estimate of drug-likeness (QED) is 0.0710. The summed E-state index contributed by atoms with van der Waals surface area (Å²) in [5.41, 5.74) is 0. The molecule has 0 aromatic rings. The summed E-state index contributed by atoms with van der Waals surface area (Å²) in [5.74, 6) is -22.1. The van der Waals surface area contributed by atoms with E-state index < -0.39 is 61.5 Å². The zero-order valence-electron chi connectivity index (χ0n) is 14.3. The Morgan fingerprint density at radius 1 is 0.625 bits per heavy atom. The summed E-state index contributed by atoms with van der Waals surface area (Å²) >= 11 is 0. The first-order chi connectivity index (χ1) is 14.3. The minimum Gasteiger partial charge on any atom is -0.393 e. The smallest absolute Gasteiger partial charge is 0.393 e. The Labute approximate surface area is 168 Å². The van der Waals surface area contributed by atoms with Gasteiger partial charge in [-0.3, -0.25) is 14.5 Å². The highest BCUT2D eigenvalue weighted by Crippen LogP contribution is 2.45. The molecule has 0 amide bonds. The Morgan fingerprint density at radius 2 is 0.938 bits per heavy atom. The Balaban J connectivity index is 7.55. The topological polar surface area (TPSA) is 383 Å². The molecule has 0 saturated heterocycles. The van der Waals surface area contributed by atoms with E-state index >= 15 is 0 Å². The third-order valence-corrected chi connectivity index (χ3v) is 3.02. The molecule has 0 aliphatic heterocycles. The highest BCUT2D eigenvalue weighted by Gasteiger charge is 2.83. The molecule has 0 aliphatic rings. The normalized spacial score (nSPS) is 17.8. The maximum Gasteiger partial charge on any atom is 0.423 e. The Hall–Kier alpha value is -4.24. The first-order valence-electron chi connectivity index (χ1n) is 6.68. The minimum atomic E-state index is -5.75. The van der Waals surface area contributed by atoms with Crippen molar-refractivity contribution in [3.8, 4) is 0 Å². The van der Waals surface area contributed by atoms with Gasteiger partial charge in [0.05, 0.1) is 6.61 Å². The average Bonchev–Trinajstić information content (AvgIpc) is 2.56. The lowest BCUT2D eigenvalue weighted by atomic mass is 9.90. The van der Waals surface area contributed by atoms with E-state index in [1.807, 2.05) is 0 Å². The standard InChI is InChI=1S/C6H9N5O21/c12-1-2(13)3(14,28-7(18)19)4(15,29-8(20)21)5(16,30-9(22)23)6(17,31-10(24)25)32-11(26)27/h2,12-17H,1H2/t2-,3+,4+,5+/m0/s1. The largest absolute Gasteiger partial charge is 0.423 e. The molecule has 32 heavy (non-hydrogen) atoms. The fraction of sp³-hybridized carbons (Fsp3) is 1.00. The zero-order chi connectivity index (χ0) is 25.7. The van der Waals surface area contributed by atoms with Crippen molar-refractivity contribution in [3.05, 3.63) is 50.6 Å². The molecule has 0 aromatic heterocycles. The zero-order valence-corrected chi connectivity index (χ0v) is 14.3. The Morgan fingerprint density at radius 3 is 1.22 bits per heavy atom. The van der Waals surface area contributed by atoms with Crippen LogP contribution in [0.1, 0.15) is 0 Å². The molecule has 4 atom stereocenters. The molecule has 0 aromatic carbocycles. The average molecular weight is 487 g/mol. The van der Waals surface area contributed by atoms with Gasteiger partial charge in [-0.15, -0.1) is 50.6 Å². The summed E-state index contributed by atoms with van der Waals surface area (Å²) in [6.07, 6.45) is -3.53. The van der Waals surface area contributed by atoms with Crippen LogP contribution in [0.5, 0.6) is 0 Å². The van der Waals surface area contributed by atoms with Crippen LogP contribution in [0.4, 0.5) is 0 Å². The van der Waals surface area contributed by atoms with Crippen molar-refractivity contribution in [2.75, 3.05) is 6.61 Å². The van der Waals surface area contributed by atoms with E-state index in [9.17, 15) is 76.1 Å². The maximum atomic E-state index is 10.7. The second kappa shape index (κ2) is 9.27. The van der Waals surface area contributed by atoms with Crippen molar-refractivity contribution in [1.82, 2.24) is 0 Å². The molecule has 26 heteroatoms. The molecule has 26 nitrogen and oxygen atoms in total. The summed E-state index contributed by atoms with van der Waals surface area (Å²) in [4.78, 5) is 68.8. The lowest BCUT2D eigenvalue weighted by Gasteiger charge is -2.49. The van der Waals surface area contributed by atoms with E-state index in [1.165, 1.54) is 0 Å². The highest BCUT2D eigenvalue weighted by atomic mass is 17.1. The molecular formula is C6H9N5O21. The fourth-order valence-corrected chi connectivity index (χ4v) is 1.85. The van der Waals surface area contributed by atoms with Crippen LogP contribution in [0.15, 0.2) is 0 Å². The van der Waals surface area contributed by atoms with Gasteiger partial charge in [0.2, 0.25) is 0 Å². The van der Waals surface area contributed by atoms with Gasteiger partial charge in [0.1, 0.15) is 6.10 Å². The van der Waals surface area contributed by atoms with Gasteiger partial charge in [-0.05, 0) is 0 Å². The Bertz CT molecular complexity index is 756. The van der Waals surface area contributed by atoms with Crippen LogP contribution in [-0.4, -0.2) is 92.1 Å². The molecule has 6 N–H and O–H groups in total. The van der Waals surface area contributed by atoms with Crippen molar-refractivity contribution in [2.24, 2.45) is 0 Å².